The Labute approximate surface area is 125 Å². The van der Waals surface area contributed by atoms with Crippen molar-refractivity contribution in [3.05, 3.63) is 23.4 Å². The molecule has 2 N–H and O–H groups in total. The number of nitrogens with one attached hydrogen (secondary N) is 1. The number of carboxylic acid groups (broad SMARTS) is 1. The molecule has 0 aromatic carbocycles. The van der Waals surface area contributed by atoms with Gasteiger partial charge in [0, 0.05) is 38.2 Å². The molecule has 0 atom stereocenters. The minimum absolute atomic E-state index is 0.00735. The number of carbonyl (C=O) groups is 2. The van der Waals surface area contributed by atoms with E-state index in [1.807, 2.05) is 20.8 Å². The highest BCUT2D eigenvalue weighted by Crippen LogP contribution is 2.23. The Morgan fingerprint density at radius 3 is 2.38 bits per heavy atom. The third-order valence-electron chi connectivity index (χ3n) is 2.98. The van der Waals surface area contributed by atoms with E-state index in [1.54, 1.807) is 20.2 Å². The maximum absolute atomic E-state index is 11.5. The summed E-state index contributed by atoms with van der Waals surface area (Å²) in [6.45, 7) is 6.33. The molecule has 6 nitrogen and oxygen atoms in total. The van der Waals surface area contributed by atoms with Crippen molar-refractivity contribution in [2.45, 2.75) is 32.6 Å². The smallest absolute Gasteiger partial charge is 0.335 e. The standard InChI is InChI=1S/C15H23N3O3/c1-15(2,3)11-8-10(14(20)21)9-12(17-11)16-7-6-13(19)18(4)5/h8-9H,6-7H2,1-5H3,(H,16,17)(H,20,21). The SMILES string of the molecule is CN(C)C(=O)CCNc1cc(C(=O)O)cc(C(C)(C)C)n1. The van der Waals surface area contributed by atoms with E-state index < -0.39 is 5.97 Å². The molecule has 21 heavy (non-hydrogen) atoms. The molecular weight excluding hydrogens is 270 g/mol. The Balaban J connectivity index is 2.89. The topological polar surface area (TPSA) is 82.5 Å². The number of carbonyl (C=O) groups excluding carboxylic acids is 1. The third-order valence-corrected chi connectivity index (χ3v) is 2.98. The van der Waals surface area contributed by atoms with Crippen molar-refractivity contribution in [1.29, 1.82) is 0 Å². The molecule has 0 radical (unpaired) electrons. The highest BCUT2D eigenvalue weighted by atomic mass is 16.4. The van der Waals surface area contributed by atoms with Crippen molar-refractivity contribution in [3.63, 3.8) is 0 Å². The number of nitrogens with zero attached hydrogens (tertiary/aromatic N) is 2. The van der Waals surface area contributed by atoms with Gasteiger partial charge in [0.2, 0.25) is 5.91 Å². The molecule has 1 aromatic heterocycles. The van der Waals surface area contributed by atoms with Crippen LogP contribution in [-0.4, -0.2) is 47.5 Å². The number of pyridine rings is 1. The van der Waals surface area contributed by atoms with Crippen molar-refractivity contribution in [2.24, 2.45) is 0 Å². The maximum atomic E-state index is 11.5. The molecule has 0 aliphatic rings. The van der Waals surface area contributed by atoms with E-state index in [0.717, 1.165) is 0 Å². The zero-order valence-corrected chi connectivity index (χ0v) is 13.2. The number of aromatic carboxylic acids is 1. The monoisotopic (exact) mass is 293 g/mol. The summed E-state index contributed by atoms with van der Waals surface area (Å²) in [6.07, 6.45) is 0.330. The van der Waals surface area contributed by atoms with Crippen LogP contribution in [0.4, 0.5) is 5.82 Å². The van der Waals surface area contributed by atoms with E-state index in [9.17, 15) is 9.59 Å². The van der Waals surface area contributed by atoms with Gasteiger partial charge in [0.15, 0.2) is 0 Å². The zero-order valence-electron chi connectivity index (χ0n) is 13.2. The number of rotatable bonds is 5. The summed E-state index contributed by atoms with van der Waals surface area (Å²) in [5, 5.41) is 12.2. The molecule has 0 saturated heterocycles. The van der Waals surface area contributed by atoms with Crippen molar-refractivity contribution in [2.75, 3.05) is 26.0 Å². The van der Waals surface area contributed by atoms with Gasteiger partial charge in [-0.15, -0.1) is 0 Å². The van der Waals surface area contributed by atoms with Crippen LogP contribution in [-0.2, 0) is 10.2 Å². The number of aromatic nitrogens is 1. The Morgan fingerprint density at radius 2 is 1.90 bits per heavy atom. The molecule has 0 saturated carbocycles. The van der Waals surface area contributed by atoms with Gasteiger partial charge >= 0.3 is 5.97 Å². The van der Waals surface area contributed by atoms with Gasteiger partial charge in [-0.2, -0.15) is 0 Å². The summed E-state index contributed by atoms with van der Waals surface area (Å²) in [6, 6.07) is 3.07. The molecule has 0 bridgehead atoms. The minimum atomic E-state index is -0.990. The molecule has 0 aliphatic carbocycles. The summed E-state index contributed by atoms with van der Waals surface area (Å²) in [7, 11) is 3.40. The number of carboxylic acids is 1. The van der Waals surface area contributed by atoms with Gasteiger partial charge in [0.1, 0.15) is 5.82 Å². The Hall–Kier alpha value is -2.11. The quantitative estimate of drug-likeness (QED) is 0.867. The Morgan fingerprint density at radius 1 is 1.29 bits per heavy atom. The van der Waals surface area contributed by atoms with Crippen molar-refractivity contribution in [3.8, 4) is 0 Å². The van der Waals surface area contributed by atoms with Crippen molar-refractivity contribution in [1.82, 2.24) is 9.88 Å². The van der Waals surface area contributed by atoms with Gasteiger partial charge in [-0.3, -0.25) is 4.79 Å². The fourth-order valence-electron chi connectivity index (χ4n) is 1.65. The molecule has 0 fully saturated rings. The number of amides is 1. The number of hydrogen-bond donors (Lipinski definition) is 2. The van der Waals surface area contributed by atoms with E-state index in [4.69, 9.17) is 5.11 Å². The van der Waals surface area contributed by atoms with Crippen LogP contribution in [0.15, 0.2) is 12.1 Å². The molecule has 1 aromatic rings. The van der Waals surface area contributed by atoms with Crippen LogP contribution in [0.5, 0.6) is 0 Å². The largest absolute Gasteiger partial charge is 0.478 e. The lowest BCUT2D eigenvalue weighted by Gasteiger charge is -2.19. The van der Waals surface area contributed by atoms with Crippen LogP contribution in [0.25, 0.3) is 0 Å². The number of hydrogen-bond acceptors (Lipinski definition) is 4. The third kappa shape index (κ3) is 5.06. The van der Waals surface area contributed by atoms with E-state index in [-0.39, 0.29) is 16.9 Å². The van der Waals surface area contributed by atoms with Crippen LogP contribution in [0, 0.1) is 0 Å². The van der Waals surface area contributed by atoms with Gasteiger partial charge in [-0.05, 0) is 12.1 Å². The van der Waals surface area contributed by atoms with Crippen LogP contribution >= 0.6 is 0 Å². The van der Waals surface area contributed by atoms with Gasteiger partial charge in [0.05, 0.1) is 5.56 Å². The van der Waals surface area contributed by atoms with E-state index in [1.165, 1.54) is 11.0 Å². The van der Waals surface area contributed by atoms with Gasteiger partial charge in [-0.25, -0.2) is 9.78 Å². The zero-order chi connectivity index (χ0) is 16.2. The molecule has 1 rings (SSSR count). The predicted molar refractivity (Wildman–Crippen MR) is 81.7 cm³/mol. The van der Waals surface area contributed by atoms with Gasteiger partial charge in [-0.1, -0.05) is 20.8 Å². The van der Waals surface area contributed by atoms with Crippen LogP contribution < -0.4 is 5.32 Å². The van der Waals surface area contributed by atoms with Crippen LogP contribution in [0.1, 0.15) is 43.2 Å². The van der Waals surface area contributed by atoms with E-state index in [2.05, 4.69) is 10.3 Å². The van der Waals surface area contributed by atoms with Crippen LogP contribution in [0.3, 0.4) is 0 Å². The van der Waals surface area contributed by atoms with Gasteiger partial charge in [0.25, 0.3) is 0 Å². The second kappa shape index (κ2) is 6.56. The first kappa shape index (κ1) is 16.9. The molecule has 1 amide bonds. The first-order valence-electron chi connectivity index (χ1n) is 6.81. The lowest BCUT2D eigenvalue weighted by atomic mass is 9.91. The van der Waals surface area contributed by atoms with Crippen molar-refractivity contribution >= 4 is 17.7 Å². The van der Waals surface area contributed by atoms with Crippen molar-refractivity contribution < 1.29 is 14.7 Å². The van der Waals surface area contributed by atoms with Gasteiger partial charge < -0.3 is 15.3 Å². The molecule has 6 heteroatoms. The Kier molecular flexibility index (Phi) is 5.29. The molecule has 0 aliphatic heterocycles. The fraction of sp³-hybridized carbons (Fsp3) is 0.533. The lowest BCUT2D eigenvalue weighted by molar-refractivity contribution is -0.128. The van der Waals surface area contributed by atoms with Crippen LogP contribution in [0.2, 0.25) is 0 Å². The highest BCUT2D eigenvalue weighted by molar-refractivity contribution is 5.88. The average molecular weight is 293 g/mol. The van der Waals surface area contributed by atoms with E-state index in [0.29, 0.717) is 24.5 Å². The Bertz CT molecular complexity index is 533. The summed E-state index contributed by atoms with van der Waals surface area (Å²) in [5.74, 6) is -0.505. The maximum Gasteiger partial charge on any atom is 0.335 e. The molecule has 0 unspecified atom stereocenters. The first-order valence-corrected chi connectivity index (χ1v) is 6.81. The first-order chi connectivity index (χ1) is 9.61. The predicted octanol–water partition coefficient (Wildman–Crippen LogP) is 1.97. The normalized spacial score (nSPS) is 11.1. The summed E-state index contributed by atoms with van der Waals surface area (Å²) in [5.41, 5.74) is 0.640. The molecule has 1 heterocycles. The average Bonchev–Trinajstić information content (AvgIpc) is 2.37. The fourth-order valence-corrected chi connectivity index (χ4v) is 1.65. The number of anilines is 1. The summed E-state index contributed by atoms with van der Waals surface area (Å²) >= 11 is 0. The molecular formula is C15H23N3O3. The second-order valence-corrected chi connectivity index (χ2v) is 6.15. The summed E-state index contributed by atoms with van der Waals surface area (Å²) < 4.78 is 0. The van der Waals surface area contributed by atoms with E-state index >= 15 is 0 Å². The molecule has 116 valence electrons. The summed E-state index contributed by atoms with van der Waals surface area (Å²) in [4.78, 5) is 28.6. The second-order valence-electron chi connectivity index (χ2n) is 6.15. The lowest BCUT2D eigenvalue weighted by Crippen LogP contribution is -2.24. The molecule has 0 spiro atoms. The minimum Gasteiger partial charge on any atom is -0.478 e. The highest BCUT2D eigenvalue weighted by Gasteiger charge is 2.19.